The smallest absolute Gasteiger partial charge is 0.253 e. The summed E-state index contributed by atoms with van der Waals surface area (Å²) in [6, 6.07) is 14.1. The average molecular weight is 481 g/mol. The zero-order valence-electron chi connectivity index (χ0n) is 17.5. The molecule has 0 saturated carbocycles. The van der Waals surface area contributed by atoms with Crippen LogP contribution in [0.5, 0.6) is 0 Å². The Morgan fingerprint density at radius 3 is 2.75 bits per heavy atom. The normalized spacial score (nSPS) is 15.9. The van der Waals surface area contributed by atoms with Crippen LogP contribution in [0.4, 0.5) is 0 Å². The molecule has 4 heterocycles. The number of hydrogen-bond acceptors (Lipinski definition) is 8. The molecule has 0 unspecified atom stereocenters. The van der Waals surface area contributed by atoms with Crippen molar-refractivity contribution in [2.75, 3.05) is 5.75 Å². The molecule has 1 aromatic carbocycles. The van der Waals surface area contributed by atoms with Crippen molar-refractivity contribution in [3.8, 4) is 5.69 Å². The van der Waals surface area contributed by atoms with E-state index in [2.05, 4.69) is 40.6 Å². The van der Waals surface area contributed by atoms with Crippen LogP contribution in [0, 0.1) is 13.8 Å². The van der Waals surface area contributed by atoms with Gasteiger partial charge in [-0.3, -0.25) is 4.79 Å². The van der Waals surface area contributed by atoms with E-state index in [1.807, 2.05) is 41.9 Å². The second-order valence-electron chi connectivity index (χ2n) is 7.38. The molecule has 0 radical (unpaired) electrons. The minimum Gasteiger partial charge on any atom is -0.272 e. The van der Waals surface area contributed by atoms with Crippen molar-refractivity contribution in [2.24, 2.45) is 5.10 Å². The summed E-state index contributed by atoms with van der Waals surface area (Å²) in [7, 11) is 0. The highest BCUT2D eigenvalue weighted by Gasteiger charge is 2.34. The molecule has 4 aromatic rings. The number of amides is 1. The van der Waals surface area contributed by atoms with Gasteiger partial charge in [0.2, 0.25) is 5.16 Å². The Morgan fingerprint density at radius 1 is 1.12 bits per heavy atom. The minimum absolute atomic E-state index is 0.0597. The molecular weight excluding hydrogens is 460 g/mol. The molecule has 162 valence electrons. The van der Waals surface area contributed by atoms with Gasteiger partial charge in [-0.05, 0) is 64.4 Å². The number of hydrazone groups is 1. The van der Waals surface area contributed by atoms with Gasteiger partial charge < -0.3 is 0 Å². The monoisotopic (exact) mass is 480 g/mol. The van der Waals surface area contributed by atoms with Crippen molar-refractivity contribution in [2.45, 2.75) is 31.5 Å². The second-order valence-corrected chi connectivity index (χ2v) is 10.2. The SMILES string of the molecule is Cc1cccc(-n2nnnc2SCC(=O)N2N=C(c3cccs3)C[C@@H]2c2cccs2)c1C. The molecule has 10 heteroatoms. The van der Waals surface area contributed by atoms with E-state index in [9.17, 15) is 4.79 Å². The van der Waals surface area contributed by atoms with Gasteiger partial charge in [0, 0.05) is 11.3 Å². The van der Waals surface area contributed by atoms with E-state index in [4.69, 9.17) is 5.10 Å². The highest BCUT2D eigenvalue weighted by atomic mass is 32.2. The lowest BCUT2D eigenvalue weighted by molar-refractivity contribution is -0.130. The predicted octanol–water partition coefficient (Wildman–Crippen LogP) is 4.87. The van der Waals surface area contributed by atoms with Gasteiger partial charge in [0.05, 0.1) is 28.1 Å². The Hall–Kier alpha value is -2.82. The average Bonchev–Trinajstić information content (AvgIpc) is 3.60. The van der Waals surface area contributed by atoms with Crippen LogP contribution in [-0.2, 0) is 4.79 Å². The number of rotatable bonds is 6. The lowest BCUT2D eigenvalue weighted by Crippen LogP contribution is -2.28. The highest BCUT2D eigenvalue weighted by Crippen LogP contribution is 2.36. The molecule has 0 bridgehead atoms. The summed E-state index contributed by atoms with van der Waals surface area (Å²) in [5.41, 5.74) is 4.14. The summed E-state index contributed by atoms with van der Waals surface area (Å²) in [6.07, 6.45) is 0.720. The number of hydrogen-bond donors (Lipinski definition) is 0. The van der Waals surface area contributed by atoms with Gasteiger partial charge in [-0.15, -0.1) is 27.8 Å². The van der Waals surface area contributed by atoms with Crippen molar-refractivity contribution in [1.29, 1.82) is 0 Å². The minimum atomic E-state index is -0.0739. The summed E-state index contributed by atoms with van der Waals surface area (Å²) in [6.45, 7) is 4.10. The van der Waals surface area contributed by atoms with Crippen LogP contribution >= 0.6 is 34.4 Å². The number of aryl methyl sites for hydroxylation is 1. The molecular formula is C22H20N6OS3. The van der Waals surface area contributed by atoms with Gasteiger partial charge in [0.15, 0.2) is 0 Å². The fourth-order valence-electron chi connectivity index (χ4n) is 3.61. The third-order valence-electron chi connectivity index (χ3n) is 5.41. The summed E-state index contributed by atoms with van der Waals surface area (Å²) in [5, 5.41) is 23.2. The Bertz CT molecular complexity index is 1260. The van der Waals surface area contributed by atoms with Crippen molar-refractivity contribution in [3.05, 3.63) is 74.1 Å². The fourth-order valence-corrected chi connectivity index (χ4v) is 5.88. The van der Waals surface area contributed by atoms with Crippen LogP contribution in [0.3, 0.4) is 0 Å². The van der Waals surface area contributed by atoms with E-state index < -0.39 is 0 Å². The topological polar surface area (TPSA) is 76.3 Å². The number of nitrogens with zero attached hydrogens (tertiary/aromatic N) is 6. The Morgan fingerprint density at radius 2 is 1.97 bits per heavy atom. The highest BCUT2D eigenvalue weighted by molar-refractivity contribution is 7.99. The van der Waals surface area contributed by atoms with Crippen molar-refractivity contribution in [3.63, 3.8) is 0 Å². The van der Waals surface area contributed by atoms with Crippen LogP contribution in [0.1, 0.15) is 33.3 Å². The largest absolute Gasteiger partial charge is 0.272 e. The van der Waals surface area contributed by atoms with E-state index in [1.165, 1.54) is 11.8 Å². The Kier molecular flexibility index (Phi) is 5.90. The molecule has 7 nitrogen and oxygen atoms in total. The molecule has 5 rings (SSSR count). The molecule has 1 aliphatic rings. The first-order valence-corrected chi connectivity index (χ1v) is 12.8. The molecule has 1 amide bonds. The first-order valence-electron chi connectivity index (χ1n) is 10.1. The fraction of sp³-hybridized carbons (Fsp3) is 0.227. The van der Waals surface area contributed by atoms with Gasteiger partial charge in [-0.1, -0.05) is 36.0 Å². The summed E-state index contributed by atoms with van der Waals surface area (Å²) in [5.74, 6) is 0.143. The lowest BCUT2D eigenvalue weighted by atomic mass is 10.1. The van der Waals surface area contributed by atoms with Crippen LogP contribution in [0.2, 0.25) is 0 Å². The van der Waals surface area contributed by atoms with E-state index in [0.29, 0.717) is 5.16 Å². The molecule has 3 aromatic heterocycles. The molecule has 0 spiro atoms. The number of tetrazole rings is 1. The first-order chi connectivity index (χ1) is 15.6. The number of thioether (sulfide) groups is 1. The van der Waals surface area contributed by atoms with Crippen LogP contribution < -0.4 is 0 Å². The van der Waals surface area contributed by atoms with Gasteiger partial charge in [0.25, 0.3) is 5.91 Å². The maximum Gasteiger partial charge on any atom is 0.253 e. The van der Waals surface area contributed by atoms with E-state index in [-0.39, 0.29) is 17.7 Å². The first kappa shape index (κ1) is 21.0. The lowest BCUT2D eigenvalue weighted by Gasteiger charge is -2.20. The number of aromatic nitrogens is 4. The quantitative estimate of drug-likeness (QED) is 0.368. The summed E-state index contributed by atoms with van der Waals surface area (Å²) >= 11 is 4.63. The van der Waals surface area contributed by atoms with Gasteiger partial charge in [-0.2, -0.15) is 9.78 Å². The van der Waals surface area contributed by atoms with Gasteiger partial charge in [-0.25, -0.2) is 5.01 Å². The third-order valence-corrected chi connectivity index (χ3v) is 8.21. The molecule has 0 fully saturated rings. The zero-order chi connectivity index (χ0) is 22.1. The Labute approximate surface area is 197 Å². The second kappa shape index (κ2) is 8.97. The molecule has 0 saturated heterocycles. The molecule has 32 heavy (non-hydrogen) atoms. The zero-order valence-corrected chi connectivity index (χ0v) is 20.0. The maximum atomic E-state index is 13.3. The van der Waals surface area contributed by atoms with Crippen molar-refractivity contribution in [1.82, 2.24) is 25.2 Å². The number of carbonyl (C=O) groups is 1. The van der Waals surface area contributed by atoms with Crippen LogP contribution in [0.25, 0.3) is 5.69 Å². The third kappa shape index (κ3) is 4.01. The number of benzene rings is 1. The van der Waals surface area contributed by atoms with E-state index in [1.54, 1.807) is 32.4 Å². The molecule has 1 atom stereocenters. The Balaban J connectivity index is 1.37. The van der Waals surface area contributed by atoms with Crippen molar-refractivity contribution >= 4 is 46.1 Å². The van der Waals surface area contributed by atoms with Crippen LogP contribution in [0.15, 0.2) is 63.5 Å². The summed E-state index contributed by atoms with van der Waals surface area (Å²) in [4.78, 5) is 15.5. The summed E-state index contributed by atoms with van der Waals surface area (Å²) < 4.78 is 1.70. The van der Waals surface area contributed by atoms with E-state index >= 15 is 0 Å². The number of thiophene rings is 2. The van der Waals surface area contributed by atoms with Crippen molar-refractivity contribution < 1.29 is 4.79 Å². The van der Waals surface area contributed by atoms with Crippen LogP contribution in [-0.4, -0.2) is 42.6 Å². The predicted molar refractivity (Wildman–Crippen MR) is 129 cm³/mol. The molecule has 0 N–H and O–H groups in total. The number of carbonyl (C=O) groups excluding carboxylic acids is 1. The van der Waals surface area contributed by atoms with Gasteiger partial charge in [0.1, 0.15) is 0 Å². The standard InChI is InChI=1S/C22H20N6OS3/c1-14-6-3-7-17(15(14)2)28-22(23-25-26-28)32-13-21(29)27-18(20-9-5-11-31-20)12-16(24-27)19-8-4-10-30-19/h3-11,18H,12-13H2,1-2H3/t18-/m1/s1. The maximum absolute atomic E-state index is 13.3. The van der Waals surface area contributed by atoms with Gasteiger partial charge >= 0.3 is 0 Å². The molecule has 1 aliphatic heterocycles. The molecule has 0 aliphatic carbocycles. The van der Waals surface area contributed by atoms with E-state index in [0.717, 1.165) is 38.7 Å².